The Hall–Kier alpha value is -3.17. The smallest absolute Gasteiger partial charge is 0.273 e. The van der Waals surface area contributed by atoms with E-state index < -0.39 is 17.9 Å². The molecule has 1 aliphatic heterocycles. The first-order valence-electron chi connectivity index (χ1n) is 10.4. The van der Waals surface area contributed by atoms with Crippen LogP contribution in [0.15, 0.2) is 59.1 Å². The van der Waals surface area contributed by atoms with E-state index in [1.54, 1.807) is 36.4 Å². The summed E-state index contributed by atoms with van der Waals surface area (Å²) in [5, 5.41) is 13.1. The van der Waals surface area contributed by atoms with E-state index in [4.69, 9.17) is 11.6 Å². The standard InChI is InChI=1S/C23H21BrClN5O3/c24-18-19(23(33)27-17-12-6-7-13-26-22(17)32)29-30(14-8-2-1-3-9-14)20(18)28-21(31)15-10-4-5-11-16(15)25/h1-5,8-11,17H,6-7,12-13H2,(H,26,32)(H,27,33)(H,28,31)/t17-/m1/s1. The largest absolute Gasteiger partial charge is 0.354 e. The maximum Gasteiger partial charge on any atom is 0.273 e. The van der Waals surface area contributed by atoms with Gasteiger partial charge in [0.2, 0.25) is 5.91 Å². The van der Waals surface area contributed by atoms with E-state index in [-0.39, 0.29) is 23.0 Å². The van der Waals surface area contributed by atoms with Crippen LogP contribution >= 0.6 is 27.5 Å². The molecule has 1 fully saturated rings. The Morgan fingerprint density at radius 2 is 1.79 bits per heavy atom. The molecule has 2 heterocycles. The van der Waals surface area contributed by atoms with E-state index in [0.717, 1.165) is 12.8 Å². The zero-order valence-corrected chi connectivity index (χ0v) is 19.8. The molecule has 1 atom stereocenters. The van der Waals surface area contributed by atoms with Crippen LogP contribution in [-0.4, -0.2) is 40.1 Å². The van der Waals surface area contributed by atoms with Crippen molar-refractivity contribution in [1.29, 1.82) is 0 Å². The van der Waals surface area contributed by atoms with E-state index in [9.17, 15) is 14.4 Å². The number of para-hydroxylation sites is 1. The second kappa shape index (κ2) is 10.2. The molecular weight excluding hydrogens is 510 g/mol. The SMILES string of the molecule is O=C(Nc1c(Br)c(C(=O)N[C@@H]2CCCCNC2=O)nn1-c1ccccc1)c1ccccc1Cl. The minimum Gasteiger partial charge on any atom is -0.354 e. The van der Waals surface area contributed by atoms with Gasteiger partial charge in [0, 0.05) is 6.54 Å². The molecule has 3 amide bonds. The predicted molar refractivity (Wildman–Crippen MR) is 129 cm³/mol. The highest BCUT2D eigenvalue weighted by molar-refractivity contribution is 9.10. The number of nitrogens with zero attached hydrogens (tertiary/aromatic N) is 2. The van der Waals surface area contributed by atoms with Crippen LogP contribution in [0.5, 0.6) is 0 Å². The molecule has 0 aliphatic carbocycles. The number of hydrogen-bond acceptors (Lipinski definition) is 4. The fourth-order valence-electron chi connectivity index (χ4n) is 3.53. The van der Waals surface area contributed by atoms with Gasteiger partial charge in [-0.3, -0.25) is 14.4 Å². The van der Waals surface area contributed by atoms with Gasteiger partial charge in [-0.05, 0) is 59.5 Å². The van der Waals surface area contributed by atoms with Crippen molar-refractivity contribution in [3.63, 3.8) is 0 Å². The minimum atomic E-state index is -0.644. The molecule has 0 radical (unpaired) electrons. The van der Waals surface area contributed by atoms with E-state index in [1.165, 1.54) is 4.68 Å². The quantitative estimate of drug-likeness (QED) is 0.465. The number of carbonyl (C=O) groups is 3. The number of aromatic nitrogens is 2. The summed E-state index contributed by atoms with van der Waals surface area (Å²) in [7, 11) is 0. The van der Waals surface area contributed by atoms with E-state index in [1.807, 2.05) is 18.2 Å². The first-order valence-corrected chi connectivity index (χ1v) is 11.6. The predicted octanol–water partition coefficient (Wildman–Crippen LogP) is 3.94. The minimum absolute atomic E-state index is 0.0466. The van der Waals surface area contributed by atoms with Crippen molar-refractivity contribution in [1.82, 2.24) is 20.4 Å². The summed E-state index contributed by atoms with van der Waals surface area (Å²) in [6.45, 7) is 0.593. The Kier molecular flexibility index (Phi) is 7.10. The second-order valence-corrected chi connectivity index (χ2v) is 8.71. The number of amides is 3. The third kappa shape index (κ3) is 5.09. The van der Waals surface area contributed by atoms with Crippen molar-refractivity contribution in [3.8, 4) is 5.69 Å². The van der Waals surface area contributed by atoms with Gasteiger partial charge in [-0.1, -0.05) is 41.9 Å². The van der Waals surface area contributed by atoms with Gasteiger partial charge in [0.15, 0.2) is 11.5 Å². The lowest BCUT2D eigenvalue weighted by atomic mass is 10.1. The van der Waals surface area contributed by atoms with Crippen molar-refractivity contribution < 1.29 is 14.4 Å². The van der Waals surface area contributed by atoms with E-state index >= 15 is 0 Å². The van der Waals surface area contributed by atoms with Crippen LogP contribution in [0.3, 0.4) is 0 Å². The Bertz CT molecular complexity index is 1200. The Balaban J connectivity index is 1.68. The monoisotopic (exact) mass is 529 g/mol. The van der Waals surface area contributed by atoms with Gasteiger partial charge in [-0.25, -0.2) is 4.68 Å². The number of anilines is 1. The molecule has 0 unspecified atom stereocenters. The van der Waals surface area contributed by atoms with Gasteiger partial charge < -0.3 is 16.0 Å². The number of nitrogens with one attached hydrogen (secondary N) is 3. The number of benzene rings is 2. The topological polar surface area (TPSA) is 105 Å². The van der Waals surface area contributed by atoms with Gasteiger partial charge in [0.05, 0.1) is 20.7 Å². The van der Waals surface area contributed by atoms with Gasteiger partial charge >= 0.3 is 0 Å². The van der Waals surface area contributed by atoms with Crippen molar-refractivity contribution in [2.45, 2.75) is 25.3 Å². The molecule has 2 aromatic carbocycles. The third-order valence-corrected chi connectivity index (χ3v) is 6.32. The first kappa shape index (κ1) is 23.0. The highest BCUT2D eigenvalue weighted by Crippen LogP contribution is 2.30. The molecule has 33 heavy (non-hydrogen) atoms. The Morgan fingerprint density at radius 1 is 1.06 bits per heavy atom. The van der Waals surface area contributed by atoms with Crippen LogP contribution in [0.1, 0.15) is 40.1 Å². The zero-order chi connectivity index (χ0) is 23.4. The molecule has 0 bridgehead atoms. The molecule has 3 N–H and O–H groups in total. The summed E-state index contributed by atoms with van der Waals surface area (Å²) in [5.41, 5.74) is 0.970. The van der Waals surface area contributed by atoms with Crippen molar-refractivity contribution in [2.75, 3.05) is 11.9 Å². The molecule has 1 saturated heterocycles. The average Bonchev–Trinajstić information content (AvgIpc) is 3.00. The lowest BCUT2D eigenvalue weighted by Gasteiger charge is -2.14. The van der Waals surface area contributed by atoms with Crippen molar-refractivity contribution in [3.05, 3.63) is 75.4 Å². The average molecular weight is 531 g/mol. The van der Waals surface area contributed by atoms with Crippen LogP contribution in [0, 0.1) is 0 Å². The Morgan fingerprint density at radius 3 is 2.55 bits per heavy atom. The van der Waals surface area contributed by atoms with Gasteiger partial charge in [-0.2, -0.15) is 5.10 Å². The summed E-state index contributed by atoms with van der Waals surface area (Å²) in [6.07, 6.45) is 2.23. The van der Waals surface area contributed by atoms with Gasteiger partial charge in [0.1, 0.15) is 6.04 Å². The zero-order valence-electron chi connectivity index (χ0n) is 17.5. The summed E-state index contributed by atoms with van der Waals surface area (Å²) < 4.78 is 1.75. The normalized spacial score (nSPS) is 15.9. The first-order chi connectivity index (χ1) is 16.0. The Labute approximate surface area is 203 Å². The van der Waals surface area contributed by atoms with Gasteiger partial charge in [-0.15, -0.1) is 0 Å². The fourth-order valence-corrected chi connectivity index (χ4v) is 4.28. The molecular formula is C23H21BrClN5O3. The van der Waals surface area contributed by atoms with Crippen molar-refractivity contribution in [2.24, 2.45) is 0 Å². The number of hydrogen-bond donors (Lipinski definition) is 3. The maximum absolute atomic E-state index is 13.1. The second-order valence-electron chi connectivity index (χ2n) is 7.51. The number of rotatable bonds is 5. The highest BCUT2D eigenvalue weighted by atomic mass is 79.9. The van der Waals surface area contributed by atoms with E-state index in [0.29, 0.717) is 28.1 Å². The third-order valence-electron chi connectivity index (χ3n) is 5.23. The lowest BCUT2D eigenvalue weighted by molar-refractivity contribution is -0.122. The van der Waals surface area contributed by atoms with Crippen LogP contribution in [0.2, 0.25) is 5.02 Å². The summed E-state index contributed by atoms with van der Waals surface area (Å²) >= 11 is 9.60. The van der Waals surface area contributed by atoms with Crippen LogP contribution in [0.4, 0.5) is 5.82 Å². The van der Waals surface area contributed by atoms with Crippen LogP contribution in [-0.2, 0) is 4.79 Å². The lowest BCUT2D eigenvalue weighted by Crippen LogP contribution is -2.45. The molecule has 1 aliphatic rings. The highest BCUT2D eigenvalue weighted by Gasteiger charge is 2.28. The van der Waals surface area contributed by atoms with Crippen LogP contribution < -0.4 is 16.0 Å². The maximum atomic E-state index is 13.1. The number of halogens is 2. The van der Waals surface area contributed by atoms with Crippen LogP contribution in [0.25, 0.3) is 5.69 Å². The molecule has 3 aromatic rings. The molecule has 0 saturated carbocycles. The molecule has 10 heteroatoms. The summed E-state index contributed by atoms with van der Waals surface area (Å²) in [4.78, 5) is 38.3. The van der Waals surface area contributed by atoms with E-state index in [2.05, 4.69) is 37.0 Å². The molecule has 0 spiro atoms. The summed E-state index contributed by atoms with van der Waals surface area (Å²) in [5.74, 6) is -0.923. The molecule has 8 nitrogen and oxygen atoms in total. The molecule has 1 aromatic heterocycles. The molecule has 4 rings (SSSR count). The summed E-state index contributed by atoms with van der Waals surface area (Å²) in [6, 6.07) is 15.1. The number of carbonyl (C=O) groups excluding carboxylic acids is 3. The van der Waals surface area contributed by atoms with Gasteiger partial charge in [0.25, 0.3) is 11.8 Å². The fraction of sp³-hybridized carbons (Fsp3) is 0.217. The van der Waals surface area contributed by atoms with Crippen molar-refractivity contribution >= 4 is 51.1 Å². The molecule has 170 valence electrons.